The molecule has 116 valence electrons. The van der Waals surface area contributed by atoms with Crippen LogP contribution in [0.1, 0.15) is 18.1 Å². The van der Waals surface area contributed by atoms with Gasteiger partial charge in [0.2, 0.25) is 0 Å². The molecule has 4 heteroatoms. The summed E-state index contributed by atoms with van der Waals surface area (Å²) in [6.07, 6.45) is 0.226. The molecule has 1 atom stereocenters. The average molecular weight is 300 g/mol. The van der Waals surface area contributed by atoms with Gasteiger partial charge in [0.1, 0.15) is 17.6 Å². The van der Waals surface area contributed by atoms with Crippen molar-refractivity contribution in [1.82, 2.24) is 0 Å². The Bertz CT molecular complexity index is 569. The molecule has 2 aromatic carbocycles. The molecule has 22 heavy (non-hydrogen) atoms. The summed E-state index contributed by atoms with van der Waals surface area (Å²) in [5.41, 5.74) is 1.73. The summed E-state index contributed by atoms with van der Waals surface area (Å²) in [6.45, 7) is 3.96. The number of epoxide rings is 1. The molecule has 1 heterocycles. The van der Waals surface area contributed by atoms with Crippen LogP contribution in [0.15, 0.2) is 48.5 Å². The number of phenolic OH excluding ortho intramolecular Hbond substituents is 2. The van der Waals surface area contributed by atoms with E-state index < -0.39 is 0 Å². The number of hydrogen-bond acceptors (Lipinski definition) is 4. The molecule has 4 nitrogen and oxygen atoms in total. The highest BCUT2D eigenvalue weighted by Crippen LogP contribution is 2.34. The SMILES string of the molecule is CC(COCC1CO1)(c1ccc(O)cc1)c1ccc(O)cc1. The van der Waals surface area contributed by atoms with Gasteiger partial charge in [0.05, 0.1) is 19.8 Å². The van der Waals surface area contributed by atoms with Crippen molar-refractivity contribution in [3.05, 3.63) is 59.7 Å². The lowest BCUT2D eigenvalue weighted by Crippen LogP contribution is -2.30. The van der Waals surface area contributed by atoms with E-state index in [9.17, 15) is 10.2 Å². The zero-order valence-electron chi connectivity index (χ0n) is 12.5. The molecule has 1 fully saturated rings. The minimum absolute atomic E-state index is 0.226. The van der Waals surface area contributed by atoms with Crippen molar-refractivity contribution in [1.29, 1.82) is 0 Å². The summed E-state index contributed by atoms with van der Waals surface area (Å²) in [7, 11) is 0. The molecule has 0 aliphatic carbocycles. The van der Waals surface area contributed by atoms with Gasteiger partial charge in [-0.05, 0) is 42.3 Å². The van der Waals surface area contributed by atoms with Crippen LogP contribution in [0.3, 0.4) is 0 Å². The van der Waals surface area contributed by atoms with Gasteiger partial charge in [-0.25, -0.2) is 0 Å². The summed E-state index contributed by atoms with van der Waals surface area (Å²) < 4.78 is 11.0. The fourth-order valence-electron chi connectivity index (χ4n) is 2.55. The predicted octanol–water partition coefficient (Wildman–Crippen LogP) is 2.82. The van der Waals surface area contributed by atoms with Gasteiger partial charge < -0.3 is 19.7 Å². The summed E-state index contributed by atoms with van der Waals surface area (Å²) in [6, 6.07) is 14.3. The molecule has 0 amide bonds. The van der Waals surface area contributed by atoms with Crippen LogP contribution in [0.5, 0.6) is 11.5 Å². The summed E-state index contributed by atoms with van der Waals surface area (Å²) >= 11 is 0. The van der Waals surface area contributed by atoms with E-state index in [4.69, 9.17) is 9.47 Å². The van der Waals surface area contributed by atoms with Crippen molar-refractivity contribution >= 4 is 0 Å². The van der Waals surface area contributed by atoms with E-state index in [1.807, 2.05) is 24.3 Å². The smallest absolute Gasteiger partial charge is 0.115 e. The topological polar surface area (TPSA) is 62.2 Å². The largest absolute Gasteiger partial charge is 0.508 e. The molecule has 0 radical (unpaired) electrons. The zero-order chi connectivity index (χ0) is 15.6. The van der Waals surface area contributed by atoms with Gasteiger partial charge in [0.25, 0.3) is 0 Å². The molecular weight excluding hydrogens is 280 g/mol. The predicted molar refractivity (Wildman–Crippen MR) is 83.2 cm³/mol. The summed E-state index contributed by atoms with van der Waals surface area (Å²) in [5, 5.41) is 19.0. The summed E-state index contributed by atoms with van der Waals surface area (Å²) in [5.74, 6) is 0.480. The number of hydrogen-bond donors (Lipinski definition) is 2. The van der Waals surface area contributed by atoms with Crippen LogP contribution in [0.4, 0.5) is 0 Å². The number of benzene rings is 2. The van der Waals surface area contributed by atoms with Crippen LogP contribution < -0.4 is 0 Å². The van der Waals surface area contributed by atoms with E-state index in [2.05, 4.69) is 6.92 Å². The van der Waals surface area contributed by atoms with Gasteiger partial charge in [-0.1, -0.05) is 24.3 Å². The van der Waals surface area contributed by atoms with Crippen molar-refractivity contribution in [2.75, 3.05) is 19.8 Å². The maximum atomic E-state index is 9.51. The molecular formula is C18H20O4. The molecule has 1 unspecified atom stereocenters. The average Bonchev–Trinajstić information content (AvgIpc) is 3.32. The fourth-order valence-corrected chi connectivity index (χ4v) is 2.55. The van der Waals surface area contributed by atoms with E-state index in [0.717, 1.165) is 17.7 Å². The highest BCUT2D eigenvalue weighted by molar-refractivity contribution is 5.42. The van der Waals surface area contributed by atoms with Crippen molar-refractivity contribution in [3.63, 3.8) is 0 Å². The zero-order valence-corrected chi connectivity index (χ0v) is 12.5. The molecule has 1 saturated heterocycles. The van der Waals surface area contributed by atoms with Crippen LogP contribution in [0, 0.1) is 0 Å². The lowest BCUT2D eigenvalue weighted by Gasteiger charge is -2.31. The van der Waals surface area contributed by atoms with Crippen LogP contribution >= 0.6 is 0 Å². The lowest BCUT2D eigenvalue weighted by molar-refractivity contribution is 0.0877. The van der Waals surface area contributed by atoms with Gasteiger partial charge in [-0.3, -0.25) is 0 Å². The van der Waals surface area contributed by atoms with Crippen molar-refractivity contribution in [2.45, 2.75) is 18.4 Å². The maximum absolute atomic E-state index is 9.51. The first-order valence-corrected chi connectivity index (χ1v) is 7.36. The Balaban J connectivity index is 1.88. The second kappa shape index (κ2) is 5.99. The minimum atomic E-state index is -0.365. The van der Waals surface area contributed by atoms with Crippen LogP contribution in [0.2, 0.25) is 0 Å². The molecule has 1 aliphatic heterocycles. The molecule has 0 bridgehead atoms. The highest BCUT2D eigenvalue weighted by Gasteiger charge is 2.31. The van der Waals surface area contributed by atoms with Crippen LogP contribution in [-0.4, -0.2) is 36.1 Å². The first-order valence-electron chi connectivity index (χ1n) is 7.36. The van der Waals surface area contributed by atoms with Gasteiger partial charge in [0, 0.05) is 5.41 Å². The molecule has 0 spiro atoms. The Labute approximate surface area is 129 Å². The minimum Gasteiger partial charge on any atom is -0.508 e. The Morgan fingerprint density at radius 3 is 1.86 bits per heavy atom. The van der Waals surface area contributed by atoms with Crippen molar-refractivity contribution in [2.24, 2.45) is 0 Å². The molecule has 3 rings (SSSR count). The first-order chi connectivity index (χ1) is 10.6. The van der Waals surface area contributed by atoms with Gasteiger partial charge in [-0.2, -0.15) is 0 Å². The number of phenols is 2. The third-order valence-corrected chi connectivity index (χ3v) is 4.11. The van der Waals surface area contributed by atoms with Gasteiger partial charge >= 0.3 is 0 Å². The van der Waals surface area contributed by atoms with Gasteiger partial charge in [0.15, 0.2) is 0 Å². The number of rotatable bonds is 6. The Morgan fingerprint density at radius 1 is 1.00 bits per heavy atom. The molecule has 1 aliphatic rings. The Kier molecular flexibility index (Phi) is 4.05. The van der Waals surface area contributed by atoms with Crippen LogP contribution in [-0.2, 0) is 14.9 Å². The molecule has 2 aromatic rings. The second-order valence-corrected chi connectivity index (χ2v) is 5.90. The Morgan fingerprint density at radius 2 is 1.45 bits per heavy atom. The maximum Gasteiger partial charge on any atom is 0.115 e. The van der Waals surface area contributed by atoms with Gasteiger partial charge in [-0.15, -0.1) is 0 Å². The van der Waals surface area contributed by atoms with Crippen molar-refractivity contribution in [3.8, 4) is 11.5 Å². The monoisotopic (exact) mass is 300 g/mol. The second-order valence-electron chi connectivity index (χ2n) is 5.90. The van der Waals surface area contributed by atoms with E-state index in [1.165, 1.54) is 0 Å². The summed E-state index contributed by atoms with van der Waals surface area (Å²) in [4.78, 5) is 0. The number of aromatic hydroxyl groups is 2. The number of ether oxygens (including phenoxy) is 2. The van der Waals surface area contributed by atoms with Crippen LogP contribution in [0.25, 0.3) is 0 Å². The third kappa shape index (κ3) is 3.24. The standard InChI is InChI=1S/C18H20O4/c1-18(12-21-10-17-11-22-17,13-2-6-15(19)7-3-13)14-4-8-16(20)9-5-14/h2-9,17,19-20H,10-12H2,1H3. The van der Waals surface area contributed by atoms with E-state index in [1.54, 1.807) is 24.3 Å². The first kappa shape index (κ1) is 14.9. The molecule has 0 saturated carbocycles. The van der Waals surface area contributed by atoms with E-state index in [-0.39, 0.29) is 23.0 Å². The highest BCUT2D eigenvalue weighted by atomic mass is 16.6. The fraction of sp³-hybridized carbons (Fsp3) is 0.333. The lowest BCUT2D eigenvalue weighted by atomic mass is 9.77. The third-order valence-electron chi connectivity index (χ3n) is 4.11. The quantitative estimate of drug-likeness (QED) is 0.805. The van der Waals surface area contributed by atoms with E-state index >= 15 is 0 Å². The van der Waals surface area contributed by atoms with Crippen molar-refractivity contribution < 1.29 is 19.7 Å². The molecule has 0 aromatic heterocycles. The van der Waals surface area contributed by atoms with E-state index in [0.29, 0.717) is 13.2 Å². The molecule has 2 N–H and O–H groups in total. The normalized spacial score (nSPS) is 17.4. The Hall–Kier alpha value is -2.04.